The van der Waals surface area contributed by atoms with Gasteiger partial charge in [0.1, 0.15) is 0 Å². The number of benzene rings is 3. The van der Waals surface area contributed by atoms with Crippen LogP contribution in [-0.4, -0.2) is 11.8 Å². The Labute approximate surface area is 154 Å². The highest BCUT2D eigenvalue weighted by Gasteiger charge is 2.12. The normalized spacial score (nSPS) is 10.5. The molecule has 25 heavy (non-hydrogen) atoms. The summed E-state index contributed by atoms with van der Waals surface area (Å²) in [5.74, 6) is -0.831. The molecule has 6 heteroatoms. The molecule has 0 radical (unpaired) electrons. The molecule has 0 heterocycles. The second-order valence-electron chi connectivity index (χ2n) is 5.44. The largest absolute Gasteiger partial charge is 0.273 e. The Balaban J connectivity index is 1.65. The van der Waals surface area contributed by atoms with Gasteiger partial charge >= 0.3 is 0 Å². The van der Waals surface area contributed by atoms with Gasteiger partial charge in [-0.1, -0.05) is 65.7 Å². The van der Waals surface area contributed by atoms with Crippen LogP contribution in [0.15, 0.2) is 60.7 Å². The molecule has 0 unspecified atom stereocenters. The highest BCUT2D eigenvalue weighted by atomic mass is 35.5. The summed E-state index contributed by atoms with van der Waals surface area (Å²) in [7, 11) is 0. The number of rotatable bonds is 3. The summed E-state index contributed by atoms with van der Waals surface area (Å²) < 4.78 is 0. The average molecular weight is 373 g/mol. The lowest BCUT2D eigenvalue weighted by atomic mass is 10.0. The molecule has 0 saturated heterocycles. The summed E-state index contributed by atoms with van der Waals surface area (Å²) in [6, 6.07) is 18.1. The fourth-order valence-corrected chi connectivity index (χ4v) is 3.03. The van der Waals surface area contributed by atoms with Crippen molar-refractivity contribution in [2.24, 2.45) is 0 Å². The maximum absolute atomic E-state index is 12.2. The first-order valence-corrected chi connectivity index (χ1v) is 8.31. The Morgan fingerprint density at radius 3 is 2.44 bits per heavy atom. The van der Waals surface area contributed by atoms with E-state index in [4.69, 9.17) is 23.2 Å². The van der Waals surface area contributed by atoms with E-state index >= 15 is 0 Å². The highest BCUT2D eigenvalue weighted by molar-refractivity contribution is 6.36. The molecule has 0 saturated carbocycles. The monoisotopic (exact) mass is 372 g/mol. The van der Waals surface area contributed by atoms with E-state index in [1.165, 1.54) is 12.1 Å². The first-order valence-electron chi connectivity index (χ1n) is 7.55. The van der Waals surface area contributed by atoms with Crippen LogP contribution >= 0.6 is 23.2 Å². The number of hydrogen-bond acceptors (Lipinski definition) is 2. The fourth-order valence-electron chi connectivity index (χ4n) is 2.53. The molecular weight excluding hydrogens is 359 g/mol. The minimum Gasteiger partial charge on any atom is -0.273 e. The zero-order valence-electron chi connectivity index (χ0n) is 13.1. The van der Waals surface area contributed by atoms with Crippen molar-refractivity contribution in [3.63, 3.8) is 0 Å². The number of halogens is 2. The lowest BCUT2D eigenvalue weighted by molar-refractivity contribution is -0.121. The first-order chi connectivity index (χ1) is 12.0. The molecule has 0 aliphatic carbocycles. The number of amides is 2. The van der Waals surface area contributed by atoms with Gasteiger partial charge in [0.15, 0.2) is 0 Å². The minimum absolute atomic E-state index is 0.149. The van der Waals surface area contributed by atoms with Gasteiger partial charge in [-0.05, 0) is 34.5 Å². The van der Waals surface area contributed by atoms with Gasteiger partial charge in [0, 0.05) is 5.02 Å². The Morgan fingerprint density at radius 1 is 0.880 bits per heavy atom. The van der Waals surface area contributed by atoms with Gasteiger partial charge in [0.05, 0.1) is 17.0 Å². The van der Waals surface area contributed by atoms with Crippen LogP contribution in [0.3, 0.4) is 0 Å². The van der Waals surface area contributed by atoms with Crippen molar-refractivity contribution in [3.05, 3.63) is 81.8 Å². The van der Waals surface area contributed by atoms with Gasteiger partial charge in [-0.25, -0.2) is 0 Å². The van der Waals surface area contributed by atoms with Crippen molar-refractivity contribution in [3.8, 4) is 0 Å². The second kappa shape index (κ2) is 7.55. The number of hydrogen-bond donors (Lipinski definition) is 2. The van der Waals surface area contributed by atoms with Crippen LogP contribution < -0.4 is 10.9 Å². The Bertz CT molecular complexity index is 952. The summed E-state index contributed by atoms with van der Waals surface area (Å²) in [5.41, 5.74) is 5.88. The molecule has 2 amide bonds. The van der Waals surface area contributed by atoms with Gasteiger partial charge in [0.2, 0.25) is 5.91 Å². The lowest BCUT2D eigenvalue weighted by Gasteiger charge is -2.10. The van der Waals surface area contributed by atoms with E-state index in [2.05, 4.69) is 10.9 Å². The first kappa shape index (κ1) is 17.3. The molecular formula is C19H14Cl2N2O2. The molecule has 2 N–H and O–H groups in total. The van der Waals surface area contributed by atoms with Crippen molar-refractivity contribution in [1.82, 2.24) is 10.9 Å². The van der Waals surface area contributed by atoms with E-state index in [1.54, 1.807) is 6.07 Å². The Kier molecular flexibility index (Phi) is 5.22. The van der Waals surface area contributed by atoms with E-state index in [-0.39, 0.29) is 22.9 Å². The Hall–Kier alpha value is -2.56. The third-order valence-corrected chi connectivity index (χ3v) is 4.27. The maximum atomic E-state index is 12.2. The second-order valence-corrected chi connectivity index (χ2v) is 6.29. The molecule has 0 fully saturated rings. The van der Waals surface area contributed by atoms with E-state index < -0.39 is 5.91 Å². The number of fused-ring (bicyclic) bond motifs is 1. The molecule has 4 nitrogen and oxygen atoms in total. The molecule has 0 atom stereocenters. The standard InChI is InChI=1S/C19H14Cl2N2O2/c20-14-8-9-16(17(21)11-14)19(25)23-22-18(24)10-13-6-3-5-12-4-1-2-7-15(12)13/h1-9,11H,10H2,(H,22,24)(H,23,25). The molecule has 0 spiro atoms. The van der Waals surface area contributed by atoms with Crippen molar-refractivity contribution in [2.45, 2.75) is 6.42 Å². The average Bonchev–Trinajstić information content (AvgIpc) is 2.60. The van der Waals surface area contributed by atoms with Gasteiger partial charge in [-0.15, -0.1) is 0 Å². The van der Waals surface area contributed by atoms with Crippen LogP contribution in [0.2, 0.25) is 10.0 Å². The minimum atomic E-state index is -0.507. The van der Waals surface area contributed by atoms with Crippen LogP contribution in [0.1, 0.15) is 15.9 Å². The van der Waals surface area contributed by atoms with Crippen LogP contribution in [-0.2, 0) is 11.2 Å². The van der Waals surface area contributed by atoms with E-state index in [0.29, 0.717) is 5.02 Å². The fraction of sp³-hybridized carbons (Fsp3) is 0.0526. The molecule has 0 aromatic heterocycles. The summed E-state index contributed by atoms with van der Waals surface area (Å²) in [4.78, 5) is 24.2. The predicted molar refractivity (Wildman–Crippen MR) is 99.7 cm³/mol. The maximum Gasteiger partial charge on any atom is 0.271 e. The molecule has 0 aliphatic heterocycles. The molecule has 3 aromatic carbocycles. The number of carbonyl (C=O) groups excluding carboxylic acids is 2. The zero-order valence-corrected chi connectivity index (χ0v) is 14.6. The smallest absolute Gasteiger partial charge is 0.271 e. The van der Waals surface area contributed by atoms with E-state index in [1.807, 2.05) is 42.5 Å². The van der Waals surface area contributed by atoms with Crippen molar-refractivity contribution >= 4 is 45.8 Å². The summed E-state index contributed by atoms with van der Waals surface area (Å²) in [6.07, 6.45) is 0.149. The molecule has 3 aromatic rings. The van der Waals surface area contributed by atoms with Crippen LogP contribution in [0.25, 0.3) is 10.8 Å². The van der Waals surface area contributed by atoms with Gasteiger partial charge in [-0.3, -0.25) is 20.4 Å². The van der Waals surface area contributed by atoms with Gasteiger partial charge in [0.25, 0.3) is 5.91 Å². The van der Waals surface area contributed by atoms with Crippen LogP contribution in [0.4, 0.5) is 0 Å². The third kappa shape index (κ3) is 4.10. The van der Waals surface area contributed by atoms with Gasteiger partial charge in [-0.2, -0.15) is 0 Å². The molecule has 0 aliphatic rings. The van der Waals surface area contributed by atoms with Gasteiger partial charge < -0.3 is 0 Å². The number of nitrogens with one attached hydrogen (secondary N) is 2. The van der Waals surface area contributed by atoms with Crippen molar-refractivity contribution < 1.29 is 9.59 Å². The topological polar surface area (TPSA) is 58.2 Å². The predicted octanol–water partition coefficient (Wildman–Crippen LogP) is 4.15. The van der Waals surface area contributed by atoms with Crippen LogP contribution in [0.5, 0.6) is 0 Å². The Morgan fingerprint density at radius 2 is 1.64 bits per heavy atom. The quantitative estimate of drug-likeness (QED) is 0.678. The van der Waals surface area contributed by atoms with Crippen molar-refractivity contribution in [1.29, 1.82) is 0 Å². The SMILES string of the molecule is O=C(Cc1cccc2ccccc12)NNC(=O)c1ccc(Cl)cc1Cl. The van der Waals surface area contributed by atoms with Crippen molar-refractivity contribution in [2.75, 3.05) is 0 Å². The molecule has 0 bridgehead atoms. The number of carbonyl (C=O) groups is 2. The van der Waals surface area contributed by atoms with Crippen LogP contribution in [0, 0.1) is 0 Å². The molecule has 126 valence electrons. The lowest BCUT2D eigenvalue weighted by Crippen LogP contribution is -2.42. The van der Waals surface area contributed by atoms with E-state index in [0.717, 1.165) is 16.3 Å². The van der Waals surface area contributed by atoms with E-state index in [9.17, 15) is 9.59 Å². The highest BCUT2D eigenvalue weighted by Crippen LogP contribution is 2.21. The summed E-state index contributed by atoms with van der Waals surface area (Å²) >= 11 is 11.8. The summed E-state index contributed by atoms with van der Waals surface area (Å²) in [5, 5.41) is 2.71. The number of hydrazine groups is 1. The molecule has 3 rings (SSSR count). The zero-order chi connectivity index (χ0) is 17.8. The summed E-state index contributed by atoms with van der Waals surface area (Å²) in [6.45, 7) is 0. The third-order valence-electron chi connectivity index (χ3n) is 3.72.